The van der Waals surface area contributed by atoms with Gasteiger partial charge in [0.05, 0.1) is 24.4 Å². The van der Waals surface area contributed by atoms with Gasteiger partial charge in [0.25, 0.3) is 0 Å². The van der Waals surface area contributed by atoms with Gasteiger partial charge < -0.3 is 14.6 Å². The van der Waals surface area contributed by atoms with Gasteiger partial charge in [0.1, 0.15) is 17.0 Å². The van der Waals surface area contributed by atoms with E-state index in [2.05, 4.69) is 15.5 Å². The molecular formula is C17H17N3O3. The number of pyridine rings is 1. The van der Waals surface area contributed by atoms with E-state index in [0.717, 1.165) is 22.4 Å². The molecule has 0 atom stereocenters. The lowest BCUT2D eigenvalue weighted by Gasteiger charge is -2.13. The van der Waals surface area contributed by atoms with Gasteiger partial charge in [0, 0.05) is 17.6 Å². The number of hydrogen-bond acceptors (Lipinski definition) is 6. The second-order valence-corrected chi connectivity index (χ2v) is 5.07. The number of para-hydroxylation sites is 1. The summed E-state index contributed by atoms with van der Waals surface area (Å²) in [6, 6.07) is 9.48. The van der Waals surface area contributed by atoms with Crippen LogP contribution in [0.3, 0.4) is 0 Å². The number of nitrogens with one attached hydrogen (secondary N) is 1. The molecule has 2 heterocycles. The first kappa shape index (κ1) is 15.0. The van der Waals surface area contributed by atoms with Crippen molar-refractivity contribution in [2.45, 2.75) is 20.4 Å². The quantitative estimate of drug-likeness (QED) is 0.728. The fourth-order valence-electron chi connectivity index (χ4n) is 2.38. The van der Waals surface area contributed by atoms with Crippen LogP contribution in [0.1, 0.15) is 28.7 Å². The summed E-state index contributed by atoms with van der Waals surface area (Å²) in [4.78, 5) is 16.5. The molecule has 2 aromatic heterocycles. The van der Waals surface area contributed by atoms with Crippen LogP contribution in [-0.2, 0) is 11.3 Å². The van der Waals surface area contributed by atoms with E-state index >= 15 is 0 Å². The Labute approximate surface area is 133 Å². The number of nitrogens with zero attached hydrogens (tertiary/aromatic N) is 2. The van der Waals surface area contributed by atoms with Crippen LogP contribution in [-0.4, -0.2) is 22.7 Å². The minimum atomic E-state index is -0.399. The molecule has 3 aromatic rings. The Morgan fingerprint density at radius 3 is 2.91 bits per heavy atom. The highest BCUT2D eigenvalue weighted by molar-refractivity contribution is 6.04. The Balaban J connectivity index is 1.99. The first-order valence-corrected chi connectivity index (χ1v) is 7.40. The Hall–Kier alpha value is -2.89. The number of anilines is 1. The molecule has 1 aromatic carbocycles. The molecular weight excluding hydrogens is 294 g/mol. The zero-order chi connectivity index (χ0) is 16.2. The molecule has 118 valence electrons. The van der Waals surface area contributed by atoms with Crippen molar-refractivity contribution >= 4 is 22.6 Å². The van der Waals surface area contributed by atoms with Gasteiger partial charge in [-0.05, 0) is 19.9 Å². The molecule has 0 bridgehead atoms. The molecule has 6 nitrogen and oxygen atoms in total. The maximum Gasteiger partial charge on any atom is 0.341 e. The summed E-state index contributed by atoms with van der Waals surface area (Å²) in [6.45, 7) is 4.37. The van der Waals surface area contributed by atoms with E-state index in [-0.39, 0.29) is 0 Å². The number of rotatable bonds is 5. The molecule has 0 fully saturated rings. The summed E-state index contributed by atoms with van der Waals surface area (Å²) in [7, 11) is 0. The second kappa shape index (κ2) is 6.48. The Bertz CT molecular complexity index is 842. The number of hydrogen-bond donors (Lipinski definition) is 1. The largest absolute Gasteiger partial charge is 0.462 e. The normalized spacial score (nSPS) is 10.7. The topological polar surface area (TPSA) is 77.2 Å². The summed E-state index contributed by atoms with van der Waals surface area (Å²) in [5.41, 5.74) is 2.66. The molecule has 0 unspecified atom stereocenters. The molecule has 0 aliphatic heterocycles. The Morgan fingerprint density at radius 1 is 1.35 bits per heavy atom. The minimum absolute atomic E-state index is 0.313. The number of aryl methyl sites for hydroxylation is 1. The van der Waals surface area contributed by atoms with Gasteiger partial charge in [-0.15, -0.1) is 0 Å². The van der Waals surface area contributed by atoms with Crippen LogP contribution in [0.5, 0.6) is 0 Å². The lowest BCUT2D eigenvalue weighted by atomic mass is 10.1. The van der Waals surface area contributed by atoms with E-state index < -0.39 is 5.97 Å². The number of benzene rings is 1. The molecule has 0 saturated carbocycles. The van der Waals surface area contributed by atoms with Gasteiger partial charge in [0.2, 0.25) is 0 Å². The zero-order valence-electron chi connectivity index (χ0n) is 13.0. The van der Waals surface area contributed by atoms with Gasteiger partial charge in [-0.1, -0.05) is 23.4 Å². The summed E-state index contributed by atoms with van der Waals surface area (Å²) >= 11 is 0. The molecule has 0 amide bonds. The number of carbonyl (C=O) groups excluding carboxylic acids is 1. The summed E-state index contributed by atoms with van der Waals surface area (Å²) in [5, 5.41) is 8.07. The Morgan fingerprint density at radius 2 is 2.17 bits per heavy atom. The smallest absolute Gasteiger partial charge is 0.341 e. The first-order chi connectivity index (χ1) is 11.2. The van der Waals surface area contributed by atoms with E-state index in [9.17, 15) is 4.79 Å². The predicted molar refractivity (Wildman–Crippen MR) is 86.3 cm³/mol. The highest BCUT2D eigenvalue weighted by atomic mass is 16.5. The fraction of sp³-hybridized carbons (Fsp3) is 0.235. The third-order valence-corrected chi connectivity index (χ3v) is 3.39. The van der Waals surface area contributed by atoms with E-state index in [1.807, 2.05) is 37.3 Å². The van der Waals surface area contributed by atoms with Gasteiger partial charge in [-0.2, -0.15) is 0 Å². The van der Waals surface area contributed by atoms with Crippen LogP contribution < -0.4 is 5.32 Å². The number of fused-ring (bicyclic) bond motifs is 1. The third-order valence-electron chi connectivity index (χ3n) is 3.39. The van der Waals surface area contributed by atoms with Crippen LogP contribution in [0.15, 0.2) is 41.1 Å². The molecule has 23 heavy (non-hydrogen) atoms. The van der Waals surface area contributed by atoms with Crippen LogP contribution in [0.2, 0.25) is 0 Å². The maximum atomic E-state index is 12.2. The molecule has 1 N–H and O–H groups in total. The van der Waals surface area contributed by atoms with Crippen LogP contribution in [0.25, 0.3) is 10.9 Å². The number of ether oxygens (including phenoxy) is 1. The van der Waals surface area contributed by atoms with Crippen molar-refractivity contribution < 1.29 is 14.1 Å². The second-order valence-electron chi connectivity index (χ2n) is 5.07. The van der Waals surface area contributed by atoms with Crippen molar-refractivity contribution in [3.8, 4) is 0 Å². The minimum Gasteiger partial charge on any atom is -0.462 e. The number of esters is 1. The number of carbonyl (C=O) groups is 1. The van der Waals surface area contributed by atoms with Crippen LogP contribution >= 0.6 is 0 Å². The van der Waals surface area contributed by atoms with Crippen LogP contribution in [0, 0.1) is 6.92 Å². The van der Waals surface area contributed by atoms with Crippen molar-refractivity contribution in [1.29, 1.82) is 0 Å². The van der Waals surface area contributed by atoms with Gasteiger partial charge in [0.15, 0.2) is 0 Å². The van der Waals surface area contributed by atoms with Gasteiger partial charge in [-0.25, -0.2) is 4.79 Å². The van der Waals surface area contributed by atoms with Crippen molar-refractivity contribution in [1.82, 2.24) is 10.1 Å². The van der Waals surface area contributed by atoms with Crippen LogP contribution in [0.4, 0.5) is 5.69 Å². The van der Waals surface area contributed by atoms with E-state index in [4.69, 9.17) is 9.26 Å². The highest BCUT2D eigenvalue weighted by Gasteiger charge is 2.16. The molecule has 0 spiro atoms. The van der Waals surface area contributed by atoms with Crippen molar-refractivity contribution in [3.63, 3.8) is 0 Å². The van der Waals surface area contributed by atoms with Crippen molar-refractivity contribution in [2.75, 3.05) is 11.9 Å². The van der Waals surface area contributed by atoms with E-state index in [1.165, 1.54) is 6.20 Å². The van der Waals surface area contributed by atoms with E-state index in [0.29, 0.717) is 24.4 Å². The maximum absolute atomic E-state index is 12.2. The van der Waals surface area contributed by atoms with Crippen molar-refractivity contribution in [2.24, 2.45) is 0 Å². The summed E-state index contributed by atoms with van der Waals surface area (Å²) in [5.74, 6) is 0.344. The average Bonchev–Trinajstić information content (AvgIpc) is 2.98. The molecule has 0 aliphatic rings. The Kier molecular flexibility index (Phi) is 4.23. The van der Waals surface area contributed by atoms with E-state index in [1.54, 1.807) is 6.92 Å². The molecule has 3 rings (SSSR count). The standard InChI is InChI=1S/C17H17N3O3/c1-3-22-17(21)14-10-18-15-7-5-4-6-13(15)16(14)19-9-12-8-11(2)23-20-12/h4-8,10H,3,9H2,1-2H3,(H,18,19). The lowest BCUT2D eigenvalue weighted by molar-refractivity contribution is 0.0527. The molecule has 0 saturated heterocycles. The fourth-order valence-corrected chi connectivity index (χ4v) is 2.38. The summed E-state index contributed by atoms with van der Waals surface area (Å²) < 4.78 is 10.2. The molecule has 0 aliphatic carbocycles. The predicted octanol–water partition coefficient (Wildman–Crippen LogP) is 3.32. The lowest BCUT2D eigenvalue weighted by Crippen LogP contribution is -2.11. The molecule has 6 heteroatoms. The summed E-state index contributed by atoms with van der Waals surface area (Å²) in [6.07, 6.45) is 1.54. The SMILES string of the molecule is CCOC(=O)c1cnc2ccccc2c1NCc1cc(C)on1. The highest BCUT2D eigenvalue weighted by Crippen LogP contribution is 2.27. The van der Waals surface area contributed by atoms with Crippen molar-refractivity contribution in [3.05, 3.63) is 53.5 Å². The van der Waals surface area contributed by atoms with Gasteiger partial charge in [-0.3, -0.25) is 4.98 Å². The first-order valence-electron chi connectivity index (χ1n) is 7.40. The third kappa shape index (κ3) is 3.15. The average molecular weight is 311 g/mol. The monoisotopic (exact) mass is 311 g/mol. The van der Waals surface area contributed by atoms with Gasteiger partial charge >= 0.3 is 5.97 Å². The molecule has 0 radical (unpaired) electrons. The zero-order valence-corrected chi connectivity index (χ0v) is 13.0. The number of aromatic nitrogens is 2.